The summed E-state index contributed by atoms with van der Waals surface area (Å²) in [4.78, 5) is 88.8. The Morgan fingerprint density at radius 2 is 1.22 bits per heavy atom. The van der Waals surface area contributed by atoms with Crippen molar-refractivity contribution in [2.75, 3.05) is 0 Å². The molecule has 0 rings (SSSR count). The van der Waals surface area contributed by atoms with Crippen molar-refractivity contribution < 1.29 is 72.8 Å². The van der Waals surface area contributed by atoms with Crippen LogP contribution in [0.2, 0.25) is 0 Å². The van der Waals surface area contributed by atoms with Crippen LogP contribution in [0.15, 0.2) is 0 Å². The molecule has 2 atom stereocenters. The van der Waals surface area contributed by atoms with Gasteiger partial charge in [-0.25, -0.2) is 0 Å². The Balaban J connectivity index is 6.66. The first-order chi connectivity index (χ1) is 11.8. The Labute approximate surface area is 150 Å². The third-order valence-electron chi connectivity index (χ3n) is 3.71. The minimum absolute atomic E-state index is 1.27. The fraction of sp³-hybridized carbons (Fsp3) is 0.667. The molecule has 0 aromatic heterocycles. The molecule has 0 saturated heterocycles. The first-order valence-corrected chi connectivity index (χ1v) is 11.6. The van der Waals surface area contributed by atoms with E-state index in [-0.39, 0.29) is 0 Å². The average molecular weight is 458 g/mol. The van der Waals surface area contributed by atoms with Gasteiger partial charge < -0.3 is 44.7 Å². The highest BCUT2D eigenvalue weighted by Crippen LogP contribution is 2.65. The second-order valence-electron chi connectivity index (χ2n) is 5.45. The lowest BCUT2D eigenvalue weighted by atomic mass is 9.85. The van der Waals surface area contributed by atoms with Gasteiger partial charge in [0.2, 0.25) is 0 Å². The molecule has 0 saturated carbocycles. The molecule has 0 aliphatic heterocycles. The number of hydrogen-bond acceptors (Lipinski definition) is 6. The van der Waals surface area contributed by atoms with Gasteiger partial charge in [-0.15, -0.1) is 0 Å². The highest BCUT2D eigenvalue weighted by Gasteiger charge is 2.63. The highest BCUT2D eigenvalue weighted by molar-refractivity contribution is 7.70. The van der Waals surface area contributed by atoms with Crippen molar-refractivity contribution in [3.8, 4) is 0 Å². The van der Waals surface area contributed by atoms with Crippen LogP contribution in [0.25, 0.3) is 0 Å². The lowest BCUT2D eigenvalue weighted by Crippen LogP contribution is -2.50. The van der Waals surface area contributed by atoms with Crippen LogP contribution in [0.4, 0.5) is 0 Å². The van der Waals surface area contributed by atoms with Gasteiger partial charge in [0, 0.05) is 6.42 Å². The number of carboxylic acid groups (broad SMARTS) is 3. The second-order valence-corrected chi connectivity index (χ2v) is 11.3. The first kappa shape index (κ1) is 25.9. The second kappa shape index (κ2) is 8.48. The molecule has 0 aliphatic carbocycles. The molecule has 0 spiro atoms. The van der Waals surface area contributed by atoms with Gasteiger partial charge in [-0.1, -0.05) is 0 Å². The van der Waals surface area contributed by atoms with Crippen molar-refractivity contribution >= 4 is 40.7 Å². The summed E-state index contributed by atoms with van der Waals surface area (Å²) in [5.74, 6) is -9.60. The summed E-state index contributed by atoms with van der Waals surface area (Å²) in [6.45, 7) is 0. The summed E-state index contributed by atoms with van der Waals surface area (Å²) >= 11 is 0. The van der Waals surface area contributed by atoms with Crippen LogP contribution in [0.3, 0.4) is 0 Å². The van der Waals surface area contributed by atoms with Gasteiger partial charge in [0.1, 0.15) is 0 Å². The van der Waals surface area contributed by atoms with E-state index in [2.05, 4.69) is 0 Å². The molecular formula is C9H17O15P3. The normalized spacial score (nSPS) is 16.6. The third kappa shape index (κ3) is 6.18. The monoisotopic (exact) mass is 458 g/mol. The van der Waals surface area contributed by atoms with Crippen LogP contribution in [0.1, 0.15) is 19.3 Å². The molecule has 0 heterocycles. The van der Waals surface area contributed by atoms with E-state index >= 15 is 0 Å². The van der Waals surface area contributed by atoms with Gasteiger partial charge in [0.25, 0.3) is 0 Å². The summed E-state index contributed by atoms with van der Waals surface area (Å²) in [7, 11) is -17.6. The lowest BCUT2D eigenvalue weighted by Gasteiger charge is -2.36. The molecule has 9 N–H and O–H groups in total. The fourth-order valence-corrected chi connectivity index (χ4v) is 6.20. The van der Waals surface area contributed by atoms with E-state index in [0.29, 0.717) is 0 Å². The van der Waals surface area contributed by atoms with E-state index in [4.69, 9.17) is 24.7 Å². The van der Waals surface area contributed by atoms with Gasteiger partial charge in [0.05, 0.1) is 5.92 Å². The van der Waals surface area contributed by atoms with Crippen LogP contribution in [0.5, 0.6) is 0 Å². The zero-order chi connectivity index (χ0) is 22.0. The Morgan fingerprint density at radius 3 is 1.44 bits per heavy atom. The predicted molar refractivity (Wildman–Crippen MR) is 82.9 cm³/mol. The SMILES string of the molecule is O=C(O)CCC(C(=O)O)(C(CC(P(=O)(O)O)P(=O)(O)O)C(=O)O)P(=O)(O)O. The van der Waals surface area contributed by atoms with Gasteiger partial charge in [-0.05, 0) is 12.8 Å². The highest BCUT2D eigenvalue weighted by atomic mass is 31.2. The molecular weight excluding hydrogens is 441 g/mol. The number of rotatable bonds is 11. The van der Waals surface area contributed by atoms with E-state index in [1.54, 1.807) is 0 Å². The third-order valence-corrected chi connectivity index (χ3v) is 9.25. The van der Waals surface area contributed by atoms with Crippen LogP contribution in [-0.4, -0.2) is 73.1 Å². The smallest absolute Gasteiger partial charge is 0.343 e. The Hall–Kier alpha value is -1.14. The van der Waals surface area contributed by atoms with E-state index < -0.39 is 76.4 Å². The number of carboxylic acids is 3. The molecule has 18 heteroatoms. The van der Waals surface area contributed by atoms with Crippen molar-refractivity contribution in [2.24, 2.45) is 5.92 Å². The number of hydrogen-bond donors (Lipinski definition) is 9. The molecule has 0 aliphatic rings. The van der Waals surface area contributed by atoms with Crippen LogP contribution < -0.4 is 0 Å². The molecule has 2 unspecified atom stereocenters. The summed E-state index contributed by atoms with van der Waals surface area (Å²) in [6, 6.07) is 0. The molecule has 0 fully saturated rings. The maximum absolute atomic E-state index is 11.8. The minimum Gasteiger partial charge on any atom is -0.481 e. The summed E-state index contributed by atoms with van der Waals surface area (Å²) in [5.41, 5.74) is 0. The number of aliphatic carboxylic acids is 3. The largest absolute Gasteiger partial charge is 0.481 e. The Bertz CT molecular complexity index is 720. The van der Waals surface area contributed by atoms with Gasteiger partial charge in [-0.3, -0.25) is 28.1 Å². The molecule has 0 radical (unpaired) electrons. The van der Waals surface area contributed by atoms with Crippen molar-refractivity contribution in [3.63, 3.8) is 0 Å². The van der Waals surface area contributed by atoms with Gasteiger partial charge in [-0.2, -0.15) is 0 Å². The quantitative estimate of drug-likeness (QED) is 0.161. The lowest BCUT2D eigenvalue weighted by molar-refractivity contribution is -0.153. The first-order valence-electron chi connectivity index (χ1n) is 6.62. The van der Waals surface area contributed by atoms with E-state index in [0.717, 1.165) is 0 Å². The van der Waals surface area contributed by atoms with Crippen LogP contribution >= 0.6 is 22.8 Å². The zero-order valence-corrected chi connectivity index (χ0v) is 15.8. The zero-order valence-electron chi connectivity index (χ0n) is 13.1. The molecule has 0 bridgehead atoms. The van der Waals surface area contributed by atoms with Gasteiger partial charge >= 0.3 is 40.7 Å². The predicted octanol–water partition coefficient (Wildman–Crippen LogP) is -1.38. The van der Waals surface area contributed by atoms with Crippen LogP contribution in [0, 0.1) is 5.92 Å². The fourth-order valence-electron chi connectivity index (χ4n) is 2.38. The Kier molecular flexibility index (Phi) is 8.12. The van der Waals surface area contributed by atoms with Crippen molar-refractivity contribution in [1.82, 2.24) is 0 Å². The molecule has 27 heavy (non-hydrogen) atoms. The van der Waals surface area contributed by atoms with E-state index in [9.17, 15) is 48.1 Å². The average Bonchev–Trinajstić information content (AvgIpc) is 2.36. The topological polar surface area (TPSA) is 284 Å². The molecule has 158 valence electrons. The Morgan fingerprint density at radius 1 is 0.815 bits per heavy atom. The van der Waals surface area contributed by atoms with E-state index in [1.807, 2.05) is 0 Å². The maximum Gasteiger partial charge on any atom is 0.343 e. The summed E-state index contributed by atoms with van der Waals surface area (Å²) in [6.07, 6.45) is -4.60. The summed E-state index contributed by atoms with van der Waals surface area (Å²) in [5, 5.41) is 20.3. The summed E-state index contributed by atoms with van der Waals surface area (Å²) < 4.78 is 34.4. The molecule has 0 amide bonds. The number of carbonyl (C=O) groups is 3. The van der Waals surface area contributed by atoms with Crippen LogP contribution in [-0.2, 0) is 28.1 Å². The molecule has 0 aromatic carbocycles. The minimum atomic E-state index is -6.04. The van der Waals surface area contributed by atoms with Crippen molar-refractivity contribution in [1.29, 1.82) is 0 Å². The standard InChI is InChI=1S/C9H17O15P3/c10-5(11)1-2-9(8(14)15,27(22,23)24)4(7(12)13)3-6(25(16,17)18)26(19,20)21/h4,6H,1-3H2,(H,10,11)(H,12,13)(H,14,15)(H2,16,17,18)(H2,19,20,21)(H2,22,23,24). The van der Waals surface area contributed by atoms with Gasteiger partial charge in [0.15, 0.2) is 10.6 Å². The van der Waals surface area contributed by atoms with E-state index in [1.165, 1.54) is 0 Å². The van der Waals surface area contributed by atoms with Crippen molar-refractivity contribution in [3.05, 3.63) is 0 Å². The molecule has 15 nitrogen and oxygen atoms in total. The molecule has 0 aromatic rings. The van der Waals surface area contributed by atoms with Crippen molar-refractivity contribution in [2.45, 2.75) is 29.8 Å². The maximum atomic E-state index is 11.8.